The van der Waals surface area contributed by atoms with Crippen molar-refractivity contribution in [1.29, 1.82) is 0 Å². The molecule has 0 amide bonds. The number of H-pyrrole nitrogens is 1. The molecule has 0 spiro atoms. The lowest BCUT2D eigenvalue weighted by Gasteiger charge is -2.10. The van der Waals surface area contributed by atoms with Crippen molar-refractivity contribution in [2.75, 3.05) is 0 Å². The fraction of sp³-hybridized carbons (Fsp3) is 0.381. The number of aromatic amines is 1. The summed E-state index contributed by atoms with van der Waals surface area (Å²) >= 11 is 24.5. The summed E-state index contributed by atoms with van der Waals surface area (Å²) in [6.07, 6.45) is 2.70. The van der Waals surface area contributed by atoms with Crippen LogP contribution in [0.5, 0.6) is 0 Å². The molecule has 1 N–H and O–H groups in total. The fourth-order valence-electron chi connectivity index (χ4n) is 3.59. The topological polar surface area (TPSA) is 112 Å². The Morgan fingerprint density at radius 2 is 1.74 bits per heavy atom. The highest BCUT2D eigenvalue weighted by Crippen LogP contribution is 2.32. The Labute approximate surface area is 213 Å². The van der Waals surface area contributed by atoms with E-state index in [4.69, 9.17) is 50.9 Å². The molecule has 0 atom stereocenters. The fourth-order valence-corrected chi connectivity index (χ4v) is 4.45. The highest BCUT2D eigenvalue weighted by atomic mass is 35.5. The van der Waals surface area contributed by atoms with Gasteiger partial charge >= 0.3 is 5.69 Å². The lowest BCUT2D eigenvalue weighted by molar-refractivity contribution is 0.367. The molecule has 180 valence electrons. The molecular formula is C21H20Cl4N6O3. The summed E-state index contributed by atoms with van der Waals surface area (Å²) in [4.78, 5) is 37.1. The average molecular weight is 546 g/mol. The Kier molecular flexibility index (Phi) is 7.67. The number of halogens is 4. The number of hydrogen-bond donors (Lipinski definition) is 1. The third-order valence-electron chi connectivity index (χ3n) is 5.32. The second-order valence-corrected chi connectivity index (χ2v) is 9.23. The Morgan fingerprint density at radius 1 is 1.00 bits per heavy atom. The first-order valence-corrected chi connectivity index (χ1v) is 12.1. The van der Waals surface area contributed by atoms with E-state index in [9.17, 15) is 9.59 Å². The minimum Gasteiger partial charge on any atom is -0.339 e. The van der Waals surface area contributed by atoms with Crippen molar-refractivity contribution in [2.24, 2.45) is 0 Å². The minimum atomic E-state index is -0.469. The number of unbranched alkanes of at least 4 members (excludes halogenated alkanes) is 1. The molecular weight excluding hydrogens is 526 g/mol. The predicted molar refractivity (Wildman–Crippen MR) is 131 cm³/mol. The largest absolute Gasteiger partial charge is 0.339 e. The molecule has 0 radical (unpaired) electrons. The molecule has 4 rings (SSSR count). The van der Waals surface area contributed by atoms with Crippen molar-refractivity contribution in [1.82, 2.24) is 29.2 Å². The molecule has 1 aromatic carbocycles. The number of aryl methyl sites for hydroxylation is 2. The summed E-state index contributed by atoms with van der Waals surface area (Å²) in [6.45, 7) is 2.62. The van der Waals surface area contributed by atoms with E-state index in [1.807, 2.05) is 6.92 Å². The maximum atomic E-state index is 13.0. The highest BCUT2D eigenvalue weighted by molar-refractivity contribution is 6.44. The number of benzene rings is 1. The summed E-state index contributed by atoms with van der Waals surface area (Å²) in [6, 6.07) is 3.27. The van der Waals surface area contributed by atoms with E-state index >= 15 is 0 Å². The van der Waals surface area contributed by atoms with E-state index in [2.05, 4.69) is 20.1 Å². The van der Waals surface area contributed by atoms with Gasteiger partial charge in [0.05, 0.1) is 10.0 Å². The zero-order valence-electron chi connectivity index (χ0n) is 18.1. The lowest BCUT2D eigenvalue weighted by atomic mass is 10.1. The number of nitrogens with one attached hydrogen (secondary N) is 1. The van der Waals surface area contributed by atoms with Crippen LogP contribution in [0.3, 0.4) is 0 Å². The monoisotopic (exact) mass is 544 g/mol. The van der Waals surface area contributed by atoms with Gasteiger partial charge in [0, 0.05) is 31.0 Å². The molecule has 0 aliphatic rings. The second kappa shape index (κ2) is 10.5. The SMILES string of the molecule is CCCCn1c(=O)n(CCCc2nc(Cc3c(Cl)ccc(Cl)c3Cl)no2)c(=O)c2[nH]c(Cl)nc21. The summed E-state index contributed by atoms with van der Waals surface area (Å²) < 4.78 is 7.97. The molecule has 3 aromatic heterocycles. The minimum absolute atomic E-state index is 0.0628. The van der Waals surface area contributed by atoms with Gasteiger partial charge in [-0.1, -0.05) is 53.3 Å². The molecule has 0 aliphatic heterocycles. The third kappa shape index (κ3) is 5.02. The van der Waals surface area contributed by atoms with E-state index in [1.165, 1.54) is 9.13 Å². The van der Waals surface area contributed by atoms with E-state index in [0.717, 1.165) is 12.8 Å². The first kappa shape index (κ1) is 24.8. The van der Waals surface area contributed by atoms with Gasteiger partial charge in [-0.2, -0.15) is 9.97 Å². The first-order chi connectivity index (χ1) is 16.3. The average Bonchev–Trinajstić information content (AvgIpc) is 3.42. The summed E-state index contributed by atoms with van der Waals surface area (Å²) in [5.74, 6) is 0.767. The van der Waals surface area contributed by atoms with Crippen molar-refractivity contribution in [3.63, 3.8) is 0 Å². The van der Waals surface area contributed by atoms with Crippen LogP contribution < -0.4 is 11.2 Å². The van der Waals surface area contributed by atoms with Crippen molar-refractivity contribution < 1.29 is 4.52 Å². The van der Waals surface area contributed by atoms with E-state index < -0.39 is 11.2 Å². The Hall–Kier alpha value is -2.33. The molecule has 0 unspecified atom stereocenters. The van der Waals surface area contributed by atoms with Gasteiger partial charge in [0.1, 0.15) is 0 Å². The quantitative estimate of drug-likeness (QED) is 0.236. The number of imidazole rings is 1. The molecule has 13 heteroatoms. The number of fused-ring (bicyclic) bond motifs is 1. The van der Waals surface area contributed by atoms with Gasteiger partial charge in [0.15, 0.2) is 17.0 Å². The van der Waals surface area contributed by atoms with Gasteiger partial charge in [-0.3, -0.25) is 13.9 Å². The predicted octanol–water partition coefficient (Wildman–Crippen LogP) is 4.91. The van der Waals surface area contributed by atoms with Crippen LogP contribution in [-0.2, 0) is 25.9 Å². The van der Waals surface area contributed by atoms with Crippen LogP contribution in [0.2, 0.25) is 20.4 Å². The van der Waals surface area contributed by atoms with Crippen LogP contribution in [0.15, 0.2) is 26.2 Å². The van der Waals surface area contributed by atoms with Gasteiger partial charge in [0.25, 0.3) is 5.56 Å². The van der Waals surface area contributed by atoms with Crippen molar-refractivity contribution >= 4 is 57.6 Å². The standard InChI is InChI=1S/C21H20Cl4N6O3/c1-2-3-8-30-18-17(27-20(25)28-18)19(32)31(21(30)33)9-4-5-15-26-14(29-34-15)10-11-12(22)6-7-13(23)16(11)24/h6-7H,2-5,8-10H2,1H3,(H,27,28). The van der Waals surface area contributed by atoms with Crippen LogP contribution in [0.4, 0.5) is 0 Å². The summed E-state index contributed by atoms with van der Waals surface area (Å²) in [7, 11) is 0. The Balaban J connectivity index is 1.50. The van der Waals surface area contributed by atoms with Crippen molar-refractivity contribution in [3.05, 3.63) is 70.6 Å². The first-order valence-electron chi connectivity index (χ1n) is 10.6. The van der Waals surface area contributed by atoms with Crippen LogP contribution in [0, 0.1) is 0 Å². The molecule has 4 aromatic rings. The summed E-state index contributed by atoms with van der Waals surface area (Å²) in [5, 5.41) is 5.21. The van der Waals surface area contributed by atoms with Crippen LogP contribution in [0.25, 0.3) is 11.2 Å². The lowest BCUT2D eigenvalue weighted by Crippen LogP contribution is -2.40. The van der Waals surface area contributed by atoms with E-state index in [-0.39, 0.29) is 29.4 Å². The number of hydrogen-bond acceptors (Lipinski definition) is 6. The Morgan fingerprint density at radius 3 is 2.50 bits per heavy atom. The summed E-state index contributed by atoms with van der Waals surface area (Å²) in [5.41, 5.74) is 0.184. The molecule has 0 saturated heterocycles. The molecule has 0 bridgehead atoms. The highest BCUT2D eigenvalue weighted by Gasteiger charge is 2.18. The molecule has 3 heterocycles. The van der Waals surface area contributed by atoms with E-state index in [1.54, 1.807) is 12.1 Å². The second-order valence-electron chi connectivity index (χ2n) is 7.68. The smallest absolute Gasteiger partial charge is 0.332 e. The number of nitrogens with zero attached hydrogens (tertiary/aromatic N) is 5. The van der Waals surface area contributed by atoms with Gasteiger partial charge in [-0.05, 0) is 42.1 Å². The van der Waals surface area contributed by atoms with Gasteiger partial charge in [-0.25, -0.2) is 4.79 Å². The maximum Gasteiger partial charge on any atom is 0.332 e. The normalized spacial score (nSPS) is 11.6. The van der Waals surface area contributed by atoms with Crippen LogP contribution in [0.1, 0.15) is 43.5 Å². The van der Waals surface area contributed by atoms with Crippen LogP contribution in [-0.4, -0.2) is 29.2 Å². The maximum absolute atomic E-state index is 13.0. The van der Waals surface area contributed by atoms with Gasteiger partial charge in [0.2, 0.25) is 11.2 Å². The zero-order valence-corrected chi connectivity index (χ0v) is 21.1. The van der Waals surface area contributed by atoms with Gasteiger partial charge in [-0.15, -0.1) is 0 Å². The molecule has 0 fully saturated rings. The molecule has 0 aliphatic carbocycles. The van der Waals surface area contributed by atoms with Crippen molar-refractivity contribution in [2.45, 2.75) is 52.1 Å². The molecule has 34 heavy (non-hydrogen) atoms. The zero-order chi connectivity index (χ0) is 24.4. The van der Waals surface area contributed by atoms with E-state index in [0.29, 0.717) is 51.7 Å². The molecule has 0 saturated carbocycles. The van der Waals surface area contributed by atoms with Crippen LogP contribution >= 0.6 is 46.4 Å². The van der Waals surface area contributed by atoms with Gasteiger partial charge < -0.3 is 9.51 Å². The third-order valence-corrected chi connectivity index (χ3v) is 6.70. The molecule has 9 nitrogen and oxygen atoms in total. The van der Waals surface area contributed by atoms with Crippen molar-refractivity contribution in [3.8, 4) is 0 Å². The Bertz CT molecular complexity index is 1460. The number of aromatic nitrogens is 6. The number of rotatable bonds is 9.